The minimum atomic E-state index is -1.89. The molecule has 0 radical (unpaired) electrons. The van der Waals surface area contributed by atoms with Gasteiger partial charge < -0.3 is 20.3 Å². The molecule has 0 aliphatic heterocycles. The number of carboxylic acids is 1. The second kappa shape index (κ2) is 3.92. The van der Waals surface area contributed by atoms with Crippen LogP contribution < -0.4 is 0 Å². The second-order valence-electron chi connectivity index (χ2n) is 3.37. The van der Waals surface area contributed by atoms with Crippen molar-refractivity contribution in [1.29, 1.82) is 0 Å². The maximum absolute atomic E-state index is 10.5. The molecule has 2 atom stereocenters. The fraction of sp³-hybridized carbons (Fsp3) is 0.200. The van der Waals surface area contributed by atoms with Crippen LogP contribution in [0.1, 0.15) is 11.9 Å². The van der Waals surface area contributed by atoms with Gasteiger partial charge in [0.2, 0.25) is 0 Å². The number of carbonyl (C=O) groups is 1. The van der Waals surface area contributed by atoms with Crippen molar-refractivity contribution in [2.24, 2.45) is 0 Å². The largest absolute Gasteiger partial charge is 0.479 e. The first kappa shape index (κ1) is 10.6. The molecule has 1 heterocycles. The number of para-hydroxylation sites is 2. The van der Waals surface area contributed by atoms with Crippen LogP contribution in [0.3, 0.4) is 0 Å². The fourth-order valence-corrected chi connectivity index (χ4v) is 1.40. The third kappa shape index (κ3) is 1.75. The molecule has 4 N–H and O–H groups in total. The predicted octanol–water partition coefficient (Wildman–Crippen LogP) is 0.0418. The summed E-state index contributed by atoms with van der Waals surface area (Å²) >= 11 is 0. The number of aromatic nitrogens is 2. The number of aromatic amines is 1. The topological polar surface area (TPSA) is 106 Å². The molecule has 0 aliphatic rings. The minimum Gasteiger partial charge on any atom is -0.479 e. The van der Waals surface area contributed by atoms with Crippen LogP contribution in [0.2, 0.25) is 0 Å². The molecule has 2 aromatic rings. The lowest BCUT2D eigenvalue weighted by molar-refractivity contribution is -0.153. The van der Waals surface area contributed by atoms with Crippen LogP contribution in [0, 0.1) is 0 Å². The minimum absolute atomic E-state index is 0.0381. The highest BCUT2D eigenvalue weighted by atomic mass is 16.4. The Hall–Kier alpha value is -1.92. The number of nitrogens with zero attached hydrogens (tertiary/aromatic N) is 1. The number of H-pyrrole nitrogens is 1. The van der Waals surface area contributed by atoms with Crippen LogP contribution in [0.5, 0.6) is 0 Å². The highest BCUT2D eigenvalue weighted by Crippen LogP contribution is 2.18. The number of imidazole rings is 1. The van der Waals surface area contributed by atoms with Crippen molar-refractivity contribution in [3.05, 3.63) is 30.1 Å². The van der Waals surface area contributed by atoms with Gasteiger partial charge in [0.05, 0.1) is 11.0 Å². The predicted molar refractivity (Wildman–Crippen MR) is 54.7 cm³/mol. The number of carboxylic acid groups (broad SMARTS) is 1. The number of rotatable bonds is 3. The summed E-state index contributed by atoms with van der Waals surface area (Å²) in [6, 6.07) is 7.01. The third-order valence-corrected chi connectivity index (χ3v) is 2.24. The van der Waals surface area contributed by atoms with Gasteiger partial charge in [-0.3, -0.25) is 0 Å². The van der Waals surface area contributed by atoms with E-state index in [1.807, 2.05) is 0 Å². The van der Waals surface area contributed by atoms with Gasteiger partial charge in [0.15, 0.2) is 6.10 Å². The van der Waals surface area contributed by atoms with E-state index in [4.69, 9.17) is 10.2 Å². The molecule has 0 saturated carbocycles. The average molecular weight is 222 g/mol. The monoisotopic (exact) mass is 222 g/mol. The molecule has 6 heteroatoms. The van der Waals surface area contributed by atoms with E-state index in [2.05, 4.69) is 9.97 Å². The summed E-state index contributed by atoms with van der Waals surface area (Å²) < 4.78 is 0. The lowest BCUT2D eigenvalue weighted by atomic mass is 10.2. The second-order valence-corrected chi connectivity index (χ2v) is 3.37. The van der Waals surface area contributed by atoms with E-state index >= 15 is 0 Å². The van der Waals surface area contributed by atoms with Crippen LogP contribution >= 0.6 is 0 Å². The Kier molecular flexibility index (Phi) is 2.59. The molecule has 16 heavy (non-hydrogen) atoms. The molecule has 0 aliphatic carbocycles. The zero-order valence-electron chi connectivity index (χ0n) is 8.16. The highest BCUT2D eigenvalue weighted by Gasteiger charge is 2.27. The third-order valence-electron chi connectivity index (χ3n) is 2.24. The van der Waals surface area contributed by atoms with E-state index in [-0.39, 0.29) is 5.82 Å². The Bertz CT molecular complexity index is 489. The molecule has 0 saturated heterocycles. The first-order valence-electron chi connectivity index (χ1n) is 4.63. The molecule has 84 valence electrons. The Morgan fingerprint density at radius 1 is 1.31 bits per heavy atom. The van der Waals surface area contributed by atoms with Crippen LogP contribution in [0.4, 0.5) is 0 Å². The maximum Gasteiger partial charge on any atom is 0.335 e. The highest BCUT2D eigenvalue weighted by molar-refractivity contribution is 5.76. The lowest BCUT2D eigenvalue weighted by Gasteiger charge is -2.10. The van der Waals surface area contributed by atoms with Crippen LogP contribution in [-0.4, -0.2) is 37.4 Å². The van der Waals surface area contributed by atoms with E-state index in [0.717, 1.165) is 0 Å². The summed E-state index contributed by atoms with van der Waals surface area (Å²) in [5, 5.41) is 27.2. The van der Waals surface area contributed by atoms with Crippen molar-refractivity contribution in [2.75, 3.05) is 0 Å². The Morgan fingerprint density at radius 2 is 2.00 bits per heavy atom. The van der Waals surface area contributed by atoms with Gasteiger partial charge in [0.25, 0.3) is 0 Å². The van der Waals surface area contributed by atoms with Gasteiger partial charge in [-0.2, -0.15) is 0 Å². The van der Waals surface area contributed by atoms with E-state index in [0.29, 0.717) is 11.0 Å². The number of aliphatic hydroxyl groups is 2. The van der Waals surface area contributed by atoms with Crippen molar-refractivity contribution in [1.82, 2.24) is 9.97 Å². The first-order valence-corrected chi connectivity index (χ1v) is 4.63. The zero-order chi connectivity index (χ0) is 11.7. The first-order chi connectivity index (χ1) is 7.59. The molecule has 6 nitrogen and oxygen atoms in total. The van der Waals surface area contributed by atoms with Crippen molar-refractivity contribution in [3.63, 3.8) is 0 Å². The quantitative estimate of drug-likeness (QED) is 0.586. The van der Waals surface area contributed by atoms with E-state index < -0.39 is 18.2 Å². The average Bonchev–Trinajstić information content (AvgIpc) is 2.70. The number of aliphatic hydroxyl groups excluding tert-OH is 2. The van der Waals surface area contributed by atoms with Crippen LogP contribution in [0.15, 0.2) is 24.3 Å². The van der Waals surface area contributed by atoms with Crippen LogP contribution in [0.25, 0.3) is 11.0 Å². The Labute approximate surface area is 90.2 Å². The number of fused-ring (bicyclic) bond motifs is 1. The summed E-state index contributed by atoms with van der Waals surface area (Å²) in [4.78, 5) is 17.2. The maximum atomic E-state index is 10.5. The molecule has 1 aromatic carbocycles. The van der Waals surface area contributed by atoms with Crippen LogP contribution in [-0.2, 0) is 4.79 Å². The van der Waals surface area contributed by atoms with Gasteiger partial charge in [-0.15, -0.1) is 0 Å². The summed E-state index contributed by atoms with van der Waals surface area (Å²) in [7, 11) is 0. The van der Waals surface area contributed by atoms with E-state index in [1.54, 1.807) is 24.3 Å². The number of hydrogen-bond donors (Lipinski definition) is 4. The van der Waals surface area contributed by atoms with Gasteiger partial charge in [-0.25, -0.2) is 9.78 Å². The molecule has 0 unspecified atom stereocenters. The standard InChI is InChI=1S/C10H10N2O4/c13-7(8(14)10(15)16)9-11-5-3-1-2-4-6(5)12-9/h1-4,7-8,13-14H,(H,11,12)(H,15,16)/t7-,8+/m1/s1. The zero-order valence-corrected chi connectivity index (χ0v) is 8.16. The molecular weight excluding hydrogens is 212 g/mol. The SMILES string of the molecule is O=C(O)[C@@H](O)[C@@H](O)c1nc2ccccc2[nH]1. The summed E-state index contributed by atoms with van der Waals surface area (Å²) in [6.45, 7) is 0. The smallest absolute Gasteiger partial charge is 0.335 e. The molecular formula is C10H10N2O4. The number of aliphatic carboxylic acids is 1. The van der Waals surface area contributed by atoms with E-state index in [1.165, 1.54) is 0 Å². The number of hydrogen-bond acceptors (Lipinski definition) is 4. The van der Waals surface area contributed by atoms with E-state index in [9.17, 15) is 9.90 Å². The molecule has 2 rings (SSSR count). The Morgan fingerprint density at radius 3 is 2.62 bits per heavy atom. The molecule has 1 aromatic heterocycles. The normalized spacial score (nSPS) is 14.9. The van der Waals surface area contributed by atoms with Gasteiger partial charge in [-0.1, -0.05) is 12.1 Å². The van der Waals surface area contributed by atoms with Gasteiger partial charge in [-0.05, 0) is 12.1 Å². The van der Waals surface area contributed by atoms with Gasteiger partial charge >= 0.3 is 5.97 Å². The van der Waals surface area contributed by atoms with Crippen molar-refractivity contribution >= 4 is 17.0 Å². The molecule has 0 bridgehead atoms. The Balaban J connectivity index is 2.36. The summed E-state index contributed by atoms with van der Waals surface area (Å²) in [5.74, 6) is -1.45. The van der Waals surface area contributed by atoms with Crippen molar-refractivity contribution < 1.29 is 20.1 Å². The van der Waals surface area contributed by atoms with Gasteiger partial charge in [0, 0.05) is 0 Å². The van der Waals surface area contributed by atoms with Crippen molar-refractivity contribution in [3.8, 4) is 0 Å². The summed E-state index contributed by atoms with van der Waals surface area (Å²) in [5.41, 5.74) is 1.28. The molecule has 0 spiro atoms. The molecule has 0 amide bonds. The summed E-state index contributed by atoms with van der Waals surface area (Å²) in [6.07, 6.45) is -3.45. The molecule has 0 fully saturated rings. The fourth-order valence-electron chi connectivity index (χ4n) is 1.40. The lowest BCUT2D eigenvalue weighted by Crippen LogP contribution is -2.28. The van der Waals surface area contributed by atoms with Gasteiger partial charge in [0.1, 0.15) is 11.9 Å². The number of benzene rings is 1. The van der Waals surface area contributed by atoms with Crippen molar-refractivity contribution in [2.45, 2.75) is 12.2 Å². The number of nitrogens with one attached hydrogen (secondary N) is 1.